The number of hydrogen-bond donors (Lipinski definition) is 1. The number of nitrogens with one attached hydrogen (secondary N) is 1. The van der Waals surface area contributed by atoms with Crippen molar-refractivity contribution in [1.29, 1.82) is 0 Å². The lowest BCUT2D eigenvalue weighted by atomic mass is 10.4. The molecular formula is C8H12FNO2. The minimum absolute atomic E-state index is 0.256. The Morgan fingerprint density at radius 2 is 2.08 bits per heavy atom. The monoisotopic (exact) mass is 173 g/mol. The van der Waals surface area contributed by atoms with E-state index in [4.69, 9.17) is 0 Å². The average molecular weight is 173 g/mol. The standard InChI is InChI=1S/C6H6FNO2.C2H6/c1-10-6-2-5(9)4(7)3-8-6;1-2/h2-3H,1H3,(H,8,9);1-2H3. The van der Waals surface area contributed by atoms with Gasteiger partial charge in [0.1, 0.15) is 0 Å². The molecule has 0 aliphatic rings. The van der Waals surface area contributed by atoms with E-state index in [1.165, 1.54) is 7.11 Å². The summed E-state index contributed by atoms with van der Waals surface area (Å²) >= 11 is 0. The normalized spacial score (nSPS) is 8.33. The SMILES string of the molecule is CC.COc1cc(=O)c(F)c[nH]1. The van der Waals surface area contributed by atoms with Gasteiger partial charge in [-0.3, -0.25) is 4.79 Å². The molecule has 3 nitrogen and oxygen atoms in total. The van der Waals surface area contributed by atoms with Crippen LogP contribution in [0.4, 0.5) is 4.39 Å². The van der Waals surface area contributed by atoms with E-state index in [1.54, 1.807) is 0 Å². The molecule has 1 N–H and O–H groups in total. The molecule has 0 radical (unpaired) electrons. The molecule has 1 aromatic heterocycles. The predicted octanol–water partition coefficient (Wildman–Crippen LogP) is 1.55. The zero-order valence-electron chi connectivity index (χ0n) is 7.35. The summed E-state index contributed by atoms with van der Waals surface area (Å²) in [5, 5.41) is 0. The topological polar surface area (TPSA) is 42.1 Å². The Morgan fingerprint density at radius 3 is 2.50 bits per heavy atom. The molecule has 12 heavy (non-hydrogen) atoms. The Morgan fingerprint density at radius 1 is 1.50 bits per heavy atom. The summed E-state index contributed by atoms with van der Waals surface area (Å²) in [7, 11) is 1.39. The van der Waals surface area contributed by atoms with Crippen LogP contribution in [0, 0.1) is 5.82 Å². The van der Waals surface area contributed by atoms with Gasteiger partial charge in [0.2, 0.25) is 5.43 Å². The molecule has 0 aliphatic heterocycles. The largest absolute Gasteiger partial charge is 0.482 e. The Kier molecular flexibility index (Phi) is 4.76. The maximum absolute atomic E-state index is 12.2. The van der Waals surface area contributed by atoms with Crippen LogP contribution in [0.1, 0.15) is 13.8 Å². The van der Waals surface area contributed by atoms with Crippen molar-refractivity contribution in [3.05, 3.63) is 28.3 Å². The van der Waals surface area contributed by atoms with Gasteiger partial charge in [-0.05, 0) is 0 Å². The first-order valence-corrected chi connectivity index (χ1v) is 3.66. The second-order valence-electron chi connectivity index (χ2n) is 1.71. The Labute approximate surface area is 70.2 Å². The van der Waals surface area contributed by atoms with Crippen molar-refractivity contribution in [1.82, 2.24) is 4.98 Å². The minimum Gasteiger partial charge on any atom is -0.482 e. The fourth-order valence-corrected chi connectivity index (χ4v) is 0.553. The van der Waals surface area contributed by atoms with Crippen LogP contribution >= 0.6 is 0 Å². The molecule has 4 heteroatoms. The van der Waals surface area contributed by atoms with Crippen LogP contribution in [0.25, 0.3) is 0 Å². The lowest BCUT2D eigenvalue weighted by molar-refractivity contribution is 0.395. The quantitative estimate of drug-likeness (QED) is 0.700. The first-order chi connectivity index (χ1) is 5.74. The number of ether oxygens (including phenoxy) is 1. The van der Waals surface area contributed by atoms with Gasteiger partial charge in [-0.2, -0.15) is 0 Å². The summed E-state index contributed by atoms with van der Waals surface area (Å²) in [4.78, 5) is 13.0. The van der Waals surface area contributed by atoms with Crippen molar-refractivity contribution in [3.63, 3.8) is 0 Å². The van der Waals surface area contributed by atoms with E-state index in [-0.39, 0.29) is 5.88 Å². The van der Waals surface area contributed by atoms with E-state index in [9.17, 15) is 9.18 Å². The summed E-state index contributed by atoms with van der Waals surface area (Å²) in [5.41, 5.74) is -0.671. The lowest BCUT2D eigenvalue weighted by Gasteiger charge is -1.95. The van der Waals surface area contributed by atoms with Crippen LogP contribution in [0.2, 0.25) is 0 Å². The predicted molar refractivity (Wildman–Crippen MR) is 44.9 cm³/mol. The number of methoxy groups -OCH3 is 1. The maximum atomic E-state index is 12.2. The van der Waals surface area contributed by atoms with Crippen LogP contribution in [-0.4, -0.2) is 12.1 Å². The van der Waals surface area contributed by atoms with Gasteiger partial charge in [-0.15, -0.1) is 0 Å². The highest BCUT2D eigenvalue weighted by Gasteiger charge is 1.97. The average Bonchev–Trinajstić information content (AvgIpc) is 2.13. The molecule has 0 bridgehead atoms. The molecule has 0 amide bonds. The molecule has 68 valence electrons. The number of rotatable bonds is 1. The molecule has 0 fully saturated rings. The van der Waals surface area contributed by atoms with Crippen molar-refractivity contribution in [2.75, 3.05) is 7.11 Å². The summed E-state index contributed by atoms with van der Waals surface area (Å²) in [5.74, 6) is -0.549. The molecule has 0 saturated heterocycles. The van der Waals surface area contributed by atoms with Gasteiger partial charge >= 0.3 is 0 Å². The van der Waals surface area contributed by atoms with E-state index in [1.807, 2.05) is 13.8 Å². The first kappa shape index (κ1) is 10.7. The van der Waals surface area contributed by atoms with Crippen molar-refractivity contribution < 1.29 is 9.13 Å². The Hall–Kier alpha value is -1.32. The molecular weight excluding hydrogens is 161 g/mol. The third kappa shape index (κ3) is 2.74. The smallest absolute Gasteiger partial charge is 0.220 e. The van der Waals surface area contributed by atoms with Gasteiger partial charge in [0, 0.05) is 12.3 Å². The highest BCUT2D eigenvalue weighted by atomic mass is 19.1. The second-order valence-corrected chi connectivity index (χ2v) is 1.71. The zero-order chi connectivity index (χ0) is 9.56. The van der Waals surface area contributed by atoms with Crippen LogP contribution < -0.4 is 10.2 Å². The summed E-state index contributed by atoms with van der Waals surface area (Å²) in [6.07, 6.45) is 0.959. The van der Waals surface area contributed by atoms with Crippen molar-refractivity contribution in [2.24, 2.45) is 0 Å². The summed E-state index contributed by atoms with van der Waals surface area (Å²) < 4.78 is 16.9. The van der Waals surface area contributed by atoms with Crippen LogP contribution in [0.15, 0.2) is 17.1 Å². The van der Waals surface area contributed by atoms with E-state index in [0.717, 1.165) is 12.3 Å². The lowest BCUT2D eigenvalue weighted by Crippen LogP contribution is -2.05. The van der Waals surface area contributed by atoms with Gasteiger partial charge in [0.05, 0.1) is 7.11 Å². The van der Waals surface area contributed by atoms with Crippen LogP contribution in [0.5, 0.6) is 5.88 Å². The first-order valence-electron chi connectivity index (χ1n) is 3.66. The molecule has 1 rings (SSSR count). The number of H-pyrrole nitrogens is 1. The zero-order valence-corrected chi connectivity index (χ0v) is 7.35. The van der Waals surface area contributed by atoms with Crippen molar-refractivity contribution >= 4 is 0 Å². The Bertz CT molecular complexity index is 283. The van der Waals surface area contributed by atoms with E-state index < -0.39 is 11.2 Å². The van der Waals surface area contributed by atoms with E-state index in [0.29, 0.717) is 0 Å². The fraction of sp³-hybridized carbons (Fsp3) is 0.375. The maximum Gasteiger partial charge on any atom is 0.220 e. The molecule has 1 heterocycles. The highest BCUT2D eigenvalue weighted by Crippen LogP contribution is 1.98. The molecule has 0 aliphatic carbocycles. The molecule has 0 unspecified atom stereocenters. The summed E-state index contributed by atoms with van der Waals surface area (Å²) in [6, 6.07) is 1.05. The van der Waals surface area contributed by atoms with E-state index >= 15 is 0 Å². The van der Waals surface area contributed by atoms with Gasteiger partial charge in [-0.25, -0.2) is 4.39 Å². The number of pyridine rings is 1. The minimum atomic E-state index is -0.805. The third-order valence-electron chi connectivity index (χ3n) is 1.06. The number of aromatic nitrogens is 1. The van der Waals surface area contributed by atoms with Gasteiger partial charge in [-0.1, -0.05) is 13.8 Å². The fourth-order valence-electron chi connectivity index (χ4n) is 0.553. The number of hydrogen-bond acceptors (Lipinski definition) is 2. The van der Waals surface area contributed by atoms with Gasteiger partial charge in [0.25, 0.3) is 0 Å². The van der Waals surface area contributed by atoms with Crippen LogP contribution in [-0.2, 0) is 0 Å². The van der Waals surface area contributed by atoms with Gasteiger partial charge < -0.3 is 9.72 Å². The molecule has 0 saturated carbocycles. The molecule has 0 aromatic carbocycles. The van der Waals surface area contributed by atoms with Crippen molar-refractivity contribution in [3.8, 4) is 5.88 Å². The number of halogens is 1. The molecule has 1 aromatic rings. The summed E-state index contributed by atoms with van der Waals surface area (Å²) in [6.45, 7) is 4.00. The van der Waals surface area contributed by atoms with Crippen LogP contribution in [0.3, 0.4) is 0 Å². The third-order valence-corrected chi connectivity index (χ3v) is 1.06. The van der Waals surface area contributed by atoms with E-state index in [2.05, 4.69) is 9.72 Å². The molecule has 0 atom stereocenters. The highest BCUT2D eigenvalue weighted by molar-refractivity contribution is 5.10. The Balaban J connectivity index is 0.000000561. The number of aromatic amines is 1. The second kappa shape index (κ2) is 5.35. The van der Waals surface area contributed by atoms with Crippen molar-refractivity contribution in [2.45, 2.75) is 13.8 Å². The van der Waals surface area contributed by atoms with Gasteiger partial charge in [0.15, 0.2) is 11.7 Å². The molecule has 0 spiro atoms.